The molecule has 0 aromatic rings. The Balaban J connectivity index is 2.47. The number of unbranched alkanes of at least 4 members (excludes halogenated alkanes) is 24. The van der Waals surface area contributed by atoms with Gasteiger partial charge in [0.05, 0.1) is 31.3 Å². The van der Waals surface area contributed by atoms with Gasteiger partial charge in [0.25, 0.3) is 0 Å². The smallest absolute Gasteiger partial charge is 0.393 e. The van der Waals surface area contributed by atoms with Crippen LogP contribution >= 0.6 is 7.82 Å². The average Bonchev–Trinajstić information content (AvgIpc) is 3.18. The molecule has 8 atom stereocenters. The molecular weight excluding hydrogens is 753 g/mol. The van der Waals surface area contributed by atoms with Crippen LogP contribution in [0.2, 0.25) is 0 Å². The van der Waals surface area contributed by atoms with Crippen molar-refractivity contribution in [3.05, 3.63) is 12.2 Å². The summed E-state index contributed by atoms with van der Waals surface area (Å²) >= 11 is 0. The first-order chi connectivity index (χ1) is 27.3. The van der Waals surface area contributed by atoms with E-state index in [1.807, 2.05) is 0 Å². The van der Waals surface area contributed by atoms with E-state index in [1.165, 1.54) is 122 Å². The number of nitrogens with one attached hydrogen (secondary N) is 1. The Kier molecular flexibility index (Phi) is 32.0. The van der Waals surface area contributed by atoms with Gasteiger partial charge in [-0.15, -0.1) is 0 Å². The number of aliphatic hydroxyl groups excluding tert-OH is 7. The first-order valence-electron chi connectivity index (χ1n) is 22.7. The van der Waals surface area contributed by atoms with Crippen molar-refractivity contribution >= 4 is 13.7 Å². The van der Waals surface area contributed by atoms with Gasteiger partial charge in [-0.2, -0.15) is 0 Å². The molecule has 0 radical (unpaired) electrons. The van der Waals surface area contributed by atoms with Crippen LogP contribution in [0.5, 0.6) is 0 Å². The highest BCUT2D eigenvalue weighted by Crippen LogP contribution is 2.47. The van der Waals surface area contributed by atoms with Gasteiger partial charge in [0.2, 0.25) is 5.91 Å². The van der Waals surface area contributed by atoms with Crippen molar-refractivity contribution in [3.63, 3.8) is 0 Å². The molecule has 14 heteroatoms. The van der Waals surface area contributed by atoms with Gasteiger partial charge in [-0.25, -0.2) is 4.57 Å². The highest BCUT2D eigenvalue weighted by Gasteiger charge is 2.51. The van der Waals surface area contributed by atoms with Crippen LogP contribution in [0.4, 0.5) is 0 Å². The van der Waals surface area contributed by atoms with E-state index in [2.05, 4.69) is 19.2 Å². The molecule has 0 saturated heterocycles. The predicted molar refractivity (Wildman–Crippen MR) is 224 cm³/mol. The largest absolute Gasteiger partial charge is 0.472 e. The second-order valence-corrected chi connectivity index (χ2v) is 17.9. The van der Waals surface area contributed by atoms with Crippen LogP contribution in [-0.4, -0.2) is 108 Å². The Morgan fingerprint density at radius 2 is 1.00 bits per heavy atom. The van der Waals surface area contributed by atoms with Gasteiger partial charge < -0.3 is 46.0 Å². The fraction of sp³-hybridized carbons (Fsp3) is 0.930. The molecule has 1 fully saturated rings. The molecule has 8 unspecified atom stereocenters. The van der Waals surface area contributed by atoms with E-state index in [0.717, 1.165) is 44.9 Å². The summed E-state index contributed by atoms with van der Waals surface area (Å²) in [7, 11) is -5.13. The van der Waals surface area contributed by atoms with Crippen molar-refractivity contribution in [2.24, 2.45) is 0 Å². The Morgan fingerprint density at radius 3 is 1.44 bits per heavy atom. The van der Waals surface area contributed by atoms with E-state index in [0.29, 0.717) is 12.8 Å². The predicted octanol–water partition coefficient (Wildman–Crippen LogP) is 7.03. The molecular formula is C43H84NO12P. The second kappa shape index (κ2) is 33.7. The maximum atomic E-state index is 12.9. The summed E-state index contributed by atoms with van der Waals surface area (Å²) < 4.78 is 22.8. The van der Waals surface area contributed by atoms with Gasteiger partial charge >= 0.3 is 7.82 Å². The summed E-state index contributed by atoms with van der Waals surface area (Å²) in [5, 5.41) is 74.2. The number of hydrogen-bond acceptors (Lipinski definition) is 11. The standard InChI is InChI=1S/C43H84NO12P/c1-3-5-7-9-11-13-14-15-16-17-18-19-20-21-23-24-26-28-30-34(45)32-37(47)44-35(36(46)31-29-27-25-22-12-10-8-6-4-2)33-55-57(53,54)56-43-41(51)39(49)38(48)40(50)42(43)52/h29,31,34-36,38-43,45-46,48-52H,3-28,30,32-33H2,1-2H3,(H,44,47)(H,53,54)/b31-29+. The van der Waals surface area contributed by atoms with Crippen LogP contribution in [0, 0.1) is 0 Å². The Morgan fingerprint density at radius 1 is 0.614 bits per heavy atom. The highest BCUT2D eigenvalue weighted by atomic mass is 31.2. The second-order valence-electron chi connectivity index (χ2n) is 16.4. The monoisotopic (exact) mass is 838 g/mol. The highest BCUT2D eigenvalue weighted by molar-refractivity contribution is 7.47. The molecule has 13 nitrogen and oxygen atoms in total. The number of phosphoric acid groups is 1. The van der Waals surface area contributed by atoms with Crippen molar-refractivity contribution in [1.82, 2.24) is 5.32 Å². The van der Waals surface area contributed by atoms with E-state index in [4.69, 9.17) is 9.05 Å². The molecule has 0 bridgehead atoms. The van der Waals surface area contributed by atoms with Gasteiger partial charge in [0, 0.05) is 0 Å². The normalized spacial score (nSPS) is 24.0. The third-order valence-electron chi connectivity index (χ3n) is 11.1. The topological polar surface area (TPSA) is 226 Å². The Labute approximate surface area is 344 Å². The van der Waals surface area contributed by atoms with Gasteiger partial charge in [0.15, 0.2) is 0 Å². The number of rotatable bonds is 37. The minimum atomic E-state index is -5.13. The van der Waals surface area contributed by atoms with Crippen molar-refractivity contribution < 1.29 is 59.0 Å². The van der Waals surface area contributed by atoms with Crippen molar-refractivity contribution in [2.45, 2.75) is 249 Å². The molecule has 1 saturated carbocycles. The lowest BCUT2D eigenvalue weighted by molar-refractivity contribution is -0.220. The lowest BCUT2D eigenvalue weighted by atomic mass is 9.85. The van der Waals surface area contributed by atoms with E-state index in [1.54, 1.807) is 6.08 Å². The third-order valence-corrected chi connectivity index (χ3v) is 12.1. The maximum absolute atomic E-state index is 12.9. The van der Waals surface area contributed by atoms with E-state index < -0.39 is 75.2 Å². The van der Waals surface area contributed by atoms with Gasteiger partial charge in [-0.1, -0.05) is 180 Å². The van der Waals surface area contributed by atoms with Crippen LogP contribution in [0.15, 0.2) is 12.2 Å². The first kappa shape index (κ1) is 54.1. The molecule has 1 amide bonds. The summed E-state index contributed by atoms with van der Waals surface area (Å²) in [5.74, 6) is -0.593. The van der Waals surface area contributed by atoms with E-state index >= 15 is 0 Å². The van der Waals surface area contributed by atoms with Crippen molar-refractivity contribution in [2.75, 3.05) is 6.61 Å². The molecule has 1 aliphatic carbocycles. The van der Waals surface area contributed by atoms with E-state index in [-0.39, 0.29) is 6.42 Å². The minimum Gasteiger partial charge on any atom is -0.393 e. The fourth-order valence-corrected chi connectivity index (χ4v) is 8.33. The molecule has 1 rings (SSSR count). The Hall–Kier alpha value is -0.960. The summed E-state index contributed by atoms with van der Waals surface area (Å²) in [6, 6.07) is -1.23. The summed E-state index contributed by atoms with van der Waals surface area (Å²) in [5.41, 5.74) is 0. The van der Waals surface area contributed by atoms with Gasteiger partial charge in [-0.05, 0) is 19.3 Å². The number of allylic oxidation sites excluding steroid dienone is 1. The molecule has 0 aliphatic heterocycles. The number of amides is 1. The zero-order valence-corrected chi connectivity index (χ0v) is 36.4. The molecule has 9 N–H and O–H groups in total. The zero-order valence-electron chi connectivity index (χ0n) is 35.5. The fourth-order valence-electron chi connectivity index (χ4n) is 7.36. The first-order valence-corrected chi connectivity index (χ1v) is 24.2. The zero-order chi connectivity index (χ0) is 42.3. The molecule has 0 heterocycles. The molecule has 1 aliphatic rings. The molecule has 57 heavy (non-hydrogen) atoms. The minimum absolute atomic E-state index is 0.240. The third kappa shape index (κ3) is 26.1. The number of carbonyl (C=O) groups excluding carboxylic acids is 1. The molecule has 0 spiro atoms. The lowest BCUT2D eigenvalue weighted by Crippen LogP contribution is -2.64. The quantitative estimate of drug-likeness (QED) is 0.0175. The average molecular weight is 838 g/mol. The SMILES string of the molecule is CCCCCCCCC/C=C/C(O)C(COP(=O)(O)OC1C(O)C(O)C(O)C(O)C1O)NC(=O)CC(O)CCCCCCCCCCCCCCCCCCCC. The lowest BCUT2D eigenvalue weighted by Gasteiger charge is -2.41. The van der Waals surface area contributed by atoms with Gasteiger partial charge in [-0.3, -0.25) is 13.8 Å². The molecule has 0 aromatic carbocycles. The number of hydrogen-bond donors (Lipinski definition) is 9. The molecule has 0 aromatic heterocycles. The van der Waals surface area contributed by atoms with Crippen LogP contribution in [0.25, 0.3) is 0 Å². The number of carbonyl (C=O) groups is 1. The maximum Gasteiger partial charge on any atom is 0.472 e. The van der Waals surface area contributed by atoms with Crippen molar-refractivity contribution in [3.8, 4) is 0 Å². The summed E-state index contributed by atoms with van der Waals surface area (Å²) in [6.45, 7) is 3.69. The molecule has 338 valence electrons. The number of aliphatic hydroxyl groups is 7. The van der Waals surface area contributed by atoms with E-state index in [9.17, 15) is 50.0 Å². The van der Waals surface area contributed by atoms with Crippen molar-refractivity contribution in [1.29, 1.82) is 0 Å². The van der Waals surface area contributed by atoms with Gasteiger partial charge in [0.1, 0.15) is 36.6 Å². The Bertz CT molecular complexity index is 1040. The van der Waals surface area contributed by atoms with Crippen LogP contribution in [0.3, 0.4) is 0 Å². The summed E-state index contributed by atoms with van der Waals surface area (Å²) in [6.07, 6.45) is 20.4. The van der Waals surface area contributed by atoms with Crippen LogP contribution in [0.1, 0.15) is 194 Å². The summed E-state index contributed by atoms with van der Waals surface area (Å²) in [4.78, 5) is 23.3. The number of phosphoric ester groups is 1. The van der Waals surface area contributed by atoms with Crippen LogP contribution in [-0.2, 0) is 18.4 Å². The van der Waals surface area contributed by atoms with Crippen LogP contribution < -0.4 is 5.32 Å².